The Balaban J connectivity index is 2.31. The molecule has 0 aliphatic carbocycles. The lowest BCUT2D eigenvalue weighted by molar-refractivity contribution is -0.115. The third-order valence-electron chi connectivity index (χ3n) is 3.13. The van der Waals surface area contributed by atoms with E-state index in [1.165, 1.54) is 13.2 Å². The van der Waals surface area contributed by atoms with E-state index in [1.807, 2.05) is 0 Å². The van der Waals surface area contributed by atoms with Crippen molar-refractivity contribution in [2.45, 2.75) is 18.2 Å². The Kier molecular flexibility index (Phi) is 5.84. The molecule has 128 valence electrons. The molecule has 0 fully saturated rings. The fourth-order valence-electron chi connectivity index (χ4n) is 1.98. The van der Waals surface area contributed by atoms with Crippen LogP contribution in [0.4, 0.5) is 11.4 Å². The minimum atomic E-state index is -3.85. The predicted molar refractivity (Wildman–Crippen MR) is 96.9 cm³/mol. The van der Waals surface area contributed by atoms with Crippen molar-refractivity contribution in [2.75, 3.05) is 17.1 Å². The number of benzene rings is 2. The molecule has 0 aliphatic rings. The van der Waals surface area contributed by atoms with Gasteiger partial charge in [0.15, 0.2) is 0 Å². The average molecular weight is 413 g/mol. The lowest BCUT2D eigenvalue weighted by Gasteiger charge is -2.13. The Labute approximate surface area is 149 Å². The minimum absolute atomic E-state index is 0.0161. The van der Waals surface area contributed by atoms with Crippen LogP contribution < -0.4 is 14.8 Å². The van der Waals surface area contributed by atoms with E-state index < -0.39 is 10.0 Å². The van der Waals surface area contributed by atoms with E-state index in [0.717, 1.165) is 0 Å². The summed E-state index contributed by atoms with van der Waals surface area (Å²) in [7, 11) is -2.44. The number of anilines is 2. The van der Waals surface area contributed by atoms with Crippen molar-refractivity contribution in [3.63, 3.8) is 0 Å². The van der Waals surface area contributed by atoms with Crippen LogP contribution in [0.2, 0.25) is 0 Å². The van der Waals surface area contributed by atoms with Crippen molar-refractivity contribution in [1.82, 2.24) is 0 Å². The number of methoxy groups -OCH3 is 1. The summed E-state index contributed by atoms with van der Waals surface area (Å²) in [6.07, 6.45) is 0.338. The van der Waals surface area contributed by atoms with Crippen LogP contribution in [-0.2, 0) is 14.8 Å². The summed E-state index contributed by atoms with van der Waals surface area (Å²) in [5, 5.41) is 2.68. The van der Waals surface area contributed by atoms with E-state index >= 15 is 0 Å². The molecular formula is C16H17BrN2O4S. The number of hydrogen-bond donors (Lipinski definition) is 2. The number of sulfonamides is 1. The zero-order chi connectivity index (χ0) is 17.7. The van der Waals surface area contributed by atoms with Crippen molar-refractivity contribution >= 4 is 43.2 Å². The number of carbonyl (C=O) groups is 1. The van der Waals surface area contributed by atoms with Crippen molar-refractivity contribution in [2.24, 2.45) is 0 Å². The second-order valence-electron chi connectivity index (χ2n) is 4.88. The van der Waals surface area contributed by atoms with Gasteiger partial charge in [-0.25, -0.2) is 8.42 Å². The molecule has 2 N–H and O–H groups in total. The first kappa shape index (κ1) is 18.3. The summed E-state index contributed by atoms with van der Waals surface area (Å²) in [5.41, 5.74) is 0.856. The standard InChI is InChI=1S/C16H17BrN2O4S/c1-3-16(20)18-12-5-4-6-13(10-12)19-24(21,22)15-9-11(17)7-8-14(15)23-2/h4-10,19H,3H2,1-2H3,(H,18,20). The number of nitrogens with one attached hydrogen (secondary N) is 2. The van der Waals surface area contributed by atoms with Crippen LogP contribution >= 0.6 is 15.9 Å². The lowest BCUT2D eigenvalue weighted by atomic mass is 10.3. The van der Waals surface area contributed by atoms with Crippen LogP contribution in [0.1, 0.15) is 13.3 Å². The van der Waals surface area contributed by atoms with Crippen LogP contribution in [0.3, 0.4) is 0 Å². The molecule has 8 heteroatoms. The summed E-state index contributed by atoms with van der Waals surface area (Å²) in [4.78, 5) is 11.5. The molecule has 0 bridgehead atoms. The highest BCUT2D eigenvalue weighted by Gasteiger charge is 2.20. The molecule has 0 aliphatic heterocycles. The van der Waals surface area contributed by atoms with Crippen molar-refractivity contribution < 1.29 is 17.9 Å². The molecule has 0 radical (unpaired) electrons. The fourth-order valence-corrected chi connectivity index (χ4v) is 3.74. The normalized spacial score (nSPS) is 11.0. The molecule has 2 aromatic carbocycles. The number of carbonyl (C=O) groups excluding carboxylic acids is 1. The van der Waals surface area contributed by atoms with Crippen LogP contribution in [0, 0.1) is 0 Å². The fraction of sp³-hybridized carbons (Fsp3) is 0.188. The maximum atomic E-state index is 12.6. The summed E-state index contributed by atoms with van der Waals surface area (Å²) < 4.78 is 33.5. The molecule has 2 rings (SSSR count). The SMILES string of the molecule is CCC(=O)Nc1cccc(NS(=O)(=O)c2cc(Br)ccc2OC)c1. The van der Waals surface area contributed by atoms with Gasteiger partial charge in [-0.1, -0.05) is 28.9 Å². The van der Waals surface area contributed by atoms with Gasteiger partial charge in [0.25, 0.3) is 10.0 Å². The Hall–Kier alpha value is -2.06. The Morgan fingerprint density at radius 3 is 2.54 bits per heavy atom. The lowest BCUT2D eigenvalue weighted by Crippen LogP contribution is -2.15. The minimum Gasteiger partial charge on any atom is -0.495 e. The summed E-state index contributed by atoms with van der Waals surface area (Å²) in [6, 6.07) is 11.2. The average Bonchev–Trinajstić information content (AvgIpc) is 2.54. The van der Waals surface area contributed by atoms with Gasteiger partial charge in [0.2, 0.25) is 5.91 Å². The third-order valence-corrected chi connectivity index (χ3v) is 5.03. The highest BCUT2D eigenvalue weighted by atomic mass is 79.9. The number of ether oxygens (including phenoxy) is 1. The first-order valence-corrected chi connectivity index (χ1v) is 9.39. The largest absolute Gasteiger partial charge is 0.495 e. The zero-order valence-corrected chi connectivity index (χ0v) is 15.6. The van der Waals surface area contributed by atoms with Gasteiger partial charge < -0.3 is 10.1 Å². The quantitative estimate of drug-likeness (QED) is 0.758. The molecule has 24 heavy (non-hydrogen) atoms. The third kappa shape index (κ3) is 4.48. The van der Waals surface area contributed by atoms with E-state index in [1.54, 1.807) is 43.3 Å². The summed E-state index contributed by atoms with van der Waals surface area (Å²) >= 11 is 3.25. The number of amides is 1. The molecule has 6 nitrogen and oxygen atoms in total. The van der Waals surface area contributed by atoms with Gasteiger partial charge in [0, 0.05) is 16.6 Å². The maximum absolute atomic E-state index is 12.6. The highest BCUT2D eigenvalue weighted by Crippen LogP contribution is 2.29. The van der Waals surface area contributed by atoms with E-state index in [4.69, 9.17) is 4.74 Å². The highest BCUT2D eigenvalue weighted by molar-refractivity contribution is 9.10. The first-order chi connectivity index (χ1) is 11.4. The van der Waals surface area contributed by atoms with E-state index in [0.29, 0.717) is 22.3 Å². The maximum Gasteiger partial charge on any atom is 0.265 e. The molecular weight excluding hydrogens is 396 g/mol. The zero-order valence-electron chi connectivity index (χ0n) is 13.2. The van der Waals surface area contributed by atoms with E-state index in [2.05, 4.69) is 26.0 Å². The molecule has 0 spiro atoms. The number of rotatable bonds is 6. The van der Waals surface area contributed by atoms with Crippen LogP contribution in [-0.4, -0.2) is 21.4 Å². The van der Waals surface area contributed by atoms with Crippen LogP contribution in [0.15, 0.2) is 51.8 Å². The molecule has 1 amide bonds. The number of halogens is 1. The van der Waals surface area contributed by atoms with Gasteiger partial charge in [-0.3, -0.25) is 9.52 Å². The monoisotopic (exact) mass is 412 g/mol. The van der Waals surface area contributed by atoms with Gasteiger partial charge in [0.1, 0.15) is 10.6 Å². The summed E-state index contributed by atoms with van der Waals surface area (Å²) in [5.74, 6) is 0.0878. The Bertz CT molecular complexity index is 853. The molecule has 0 atom stereocenters. The predicted octanol–water partition coefficient (Wildman–Crippen LogP) is 3.61. The second-order valence-corrected chi connectivity index (χ2v) is 7.45. The molecule has 0 aromatic heterocycles. The van der Waals surface area contributed by atoms with Gasteiger partial charge in [0.05, 0.1) is 12.8 Å². The Morgan fingerprint density at radius 1 is 1.17 bits per heavy atom. The second kappa shape index (κ2) is 7.67. The van der Waals surface area contributed by atoms with Crippen molar-refractivity contribution in [1.29, 1.82) is 0 Å². The van der Waals surface area contributed by atoms with Gasteiger partial charge >= 0.3 is 0 Å². The Morgan fingerprint density at radius 2 is 1.88 bits per heavy atom. The van der Waals surface area contributed by atoms with Crippen LogP contribution in [0.5, 0.6) is 5.75 Å². The van der Waals surface area contributed by atoms with Gasteiger partial charge in [-0.05, 0) is 36.4 Å². The number of hydrogen-bond acceptors (Lipinski definition) is 4. The molecule has 0 saturated carbocycles. The molecule has 0 heterocycles. The van der Waals surface area contributed by atoms with Gasteiger partial charge in [-0.2, -0.15) is 0 Å². The van der Waals surface area contributed by atoms with Crippen molar-refractivity contribution in [3.8, 4) is 5.75 Å². The van der Waals surface area contributed by atoms with Crippen molar-refractivity contribution in [3.05, 3.63) is 46.9 Å². The first-order valence-electron chi connectivity index (χ1n) is 7.12. The summed E-state index contributed by atoms with van der Waals surface area (Å²) in [6.45, 7) is 1.74. The van der Waals surface area contributed by atoms with E-state index in [9.17, 15) is 13.2 Å². The van der Waals surface area contributed by atoms with Crippen LogP contribution in [0.25, 0.3) is 0 Å². The topological polar surface area (TPSA) is 84.5 Å². The smallest absolute Gasteiger partial charge is 0.265 e. The molecule has 0 unspecified atom stereocenters. The van der Waals surface area contributed by atoms with E-state index in [-0.39, 0.29) is 16.6 Å². The molecule has 0 saturated heterocycles. The van der Waals surface area contributed by atoms with Gasteiger partial charge in [-0.15, -0.1) is 0 Å². The molecule has 2 aromatic rings.